The molecule has 2 aromatic heterocycles. The minimum Gasteiger partial charge on any atom is -0.453 e. The minimum atomic E-state index is -0.811. The monoisotopic (exact) mass is 830 g/mol. The summed E-state index contributed by atoms with van der Waals surface area (Å²) in [5, 5.41) is 6.82. The van der Waals surface area contributed by atoms with E-state index in [1.807, 2.05) is 62.4 Å². The number of ether oxygens (including phenoxy) is 2. The highest BCUT2D eigenvalue weighted by atomic mass is 16.5. The summed E-state index contributed by atoms with van der Waals surface area (Å²) < 4.78 is 10.3. The predicted octanol–water partition coefficient (Wildman–Crippen LogP) is 8.01. The Morgan fingerprint density at radius 1 is 0.855 bits per heavy atom. The molecule has 3 amide bonds. The third-order valence-electron chi connectivity index (χ3n) is 12.4. The van der Waals surface area contributed by atoms with Crippen LogP contribution < -0.4 is 11.1 Å². The maximum Gasteiger partial charge on any atom is 0.407 e. The van der Waals surface area contributed by atoms with Gasteiger partial charge in [0.05, 0.1) is 41.5 Å². The second-order valence-corrected chi connectivity index (χ2v) is 16.8. The summed E-state index contributed by atoms with van der Waals surface area (Å²) >= 11 is 0. The van der Waals surface area contributed by atoms with Crippen molar-refractivity contribution >= 4 is 67.2 Å². The third-order valence-corrected chi connectivity index (χ3v) is 12.4. The molecular formula is C49H50N8O5. The lowest BCUT2D eigenvalue weighted by molar-refractivity contribution is -0.135. The van der Waals surface area contributed by atoms with Gasteiger partial charge in [-0.15, -0.1) is 0 Å². The zero-order chi connectivity index (χ0) is 43.4. The standard InChI is InChI=1S/C49H50N8O5/c1-26(2)41(55-49(60)62-6)48(59)57-23-27(3)28(4)44(57)46-52-38-19-15-34-22-32(13-17-36(34)43(38)54-46)31-12-16-35-33(21-31)14-18-37-42(35)53-45(51-37)39-20-29(25-61-5)24-56(39)47(58)40(50)30-10-8-7-9-11-30/h7-22,26-27,29,40-41,44H,4,23-25,50H2,1-3,5-6H3,(H,51,53)(H,52,54)(H,55,60)/t27-,29+,40-,41+,44+/m1/s1. The maximum absolute atomic E-state index is 14.0. The first-order valence-electron chi connectivity index (χ1n) is 21.0. The summed E-state index contributed by atoms with van der Waals surface area (Å²) in [6, 6.07) is 28.3. The number of nitrogens with two attached hydrogens (primary N) is 1. The van der Waals surface area contributed by atoms with Crippen molar-refractivity contribution in [3.8, 4) is 11.1 Å². The number of nitrogens with zero attached hydrogens (tertiary/aromatic N) is 4. The van der Waals surface area contributed by atoms with Gasteiger partial charge in [0, 0.05) is 36.9 Å². The first-order chi connectivity index (χ1) is 29.9. The zero-order valence-electron chi connectivity index (χ0n) is 35.4. The molecule has 0 radical (unpaired) electrons. The Morgan fingerprint density at radius 3 is 2.13 bits per heavy atom. The summed E-state index contributed by atoms with van der Waals surface area (Å²) in [5.74, 6) is 0.724. The molecule has 4 heterocycles. The first kappa shape index (κ1) is 40.6. The number of hydrogen-bond acceptors (Lipinski definition) is 8. The first-order valence-corrected chi connectivity index (χ1v) is 21.0. The molecule has 0 aliphatic carbocycles. The highest BCUT2D eigenvalue weighted by Gasteiger charge is 2.42. The Bertz CT molecular complexity index is 2930. The lowest BCUT2D eigenvalue weighted by Gasteiger charge is -2.30. The number of methoxy groups -OCH3 is 2. The van der Waals surface area contributed by atoms with Crippen LogP contribution in [0.4, 0.5) is 4.79 Å². The molecule has 1 fully saturated rings. The molecule has 5 aromatic carbocycles. The average Bonchev–Trinajstić information content (AvgIpc) is 4.09. The van der Waals surface area contributed by atoms with E-state index < -0.39 is 24.2 Å². The maximum atomic E-state index is 14.0. The number of alkyl carbamates (subject to hydrolysis) is 1. The number of amides is 3. The quantitative estimate of drug-likeness (QED) is 0.100. The number of H-pyrrole nitrogens is 2. The van der Waals surface area contributed by atoms with Crippen LogP contribution in [0.3, 0.4) is 0 Å². The third kappa shape index (κ3) is 7.16. The molecule has 0 saturated carbocycles. The molecule has 13 heteroatoms. The number of hydrogen-bond donors (Lipinski definition) is 4. The van der Waals surface area contributed by atoms with E-state index in [-0.39, 0.29) is 29.6 Å². The Balaban J connectivity index is 1.01. The molecule has 5 atom stereocenters. The summed E-state index contributed by atoms with van der Waals surface area (Å²) in [7, 11) is 2.95. The van der Waals surface area contributed by atoms with Crippen LogP contribution in [-0.2, 0) is 19.1 Å². The molecule has 316 valence electrons. The van der Waals surface area contributed by atoms with Crippen molar-refractivity contribution in [1.29, 1.82) is 0 Å². The number of aromatic nitrogens is 4. The molecule has 9 rings (SSSR count). The van der Waals surface area contributed by atoms with Gasteiger partial charge in [-0.1, -0.05) is 94.1 Å². The van der Waals surface area contributed by atoms with Gasteiger partial charge < -0.3 is 40.3 Å². The Morgan fingerprint density at radius 2 is 1.50 bits per heavy atom. The van der Waals surface area contributed by atoms with Crippen LogP contribution in [-0.4, -0.2) is 87.6 Å². The largest absolute Gasteiger partial charge is 0.453 e. The fraction of sp³-hybridized carbons (Fsp3) is 0.286. The smallest absolute Gasteiger partial charge is 0.407 e. The molecule has 1 saturated heterocycles. The SMILES string of the molecule is C=C1[C@H](C)CN(C(=O)[C@@H](NC(=O)OC)C(C)C)[C@@H]1c1nc2ccc3cc(-c4ccc5c(ccc6nc(C7=C[C@H](COC)CN7C(=O)[C@H](N)c7ccccc7)[nH]c65)c4)ccc3c2[nH]1. The van der Waals surface area contributed by atoms with Crippen LogP contribution in [0.25, 0.3) is 60.4 Å². The van der Waals surface area contributed by atoms with E-state index >= 15 is 0 Å². The van der Waals surface area contributed by atoms with Gasteiger partial charge >= 0.3 is 6.09 Å². The number of imidazole rings is 2. The summed E-state index contributed by atoms with van der Waals surface area (Å²) in [4.78, 5) is 60.6. The zero-order valence-corrected chi connectivity index (χ0v) is 35.4. The van der Waals surface area contributed by atoms with Crippen LogP contribution in [0.2, 0.25) is 0 Å². The summed E-state index contributed by atoms with van der Waals surface area (Å²) in [6.45, 7) is 11.6. The number of carbonyl (C=O) groups is 3. The van der Waals surface area contributed by atoms with Crippen molar-refractivity contribution in [3.05, 3.63) is 126 Å². The number of aromatic amines is 2. The van der Waals surface area contributed by atoms with Crippen molar-refractivity contribution in [2.24, 2.45) is 23.5 Å². The highest BCUT2D eigenvalue weighted by Crippen LogP contribution is 2.41. The minimum absolute atomic E-state index is 0.000745. The molecule has 0 spiro atoms. The van der Waals surface area contributed by atoms with E-state index in [0.717, 1.165) is 65.9 Å². The van der Waals surface area contributed by atoms with Gasteiger partial charge in [0.2, 0.25) is 11.8 Å². The number of fused-ring (bicyclic) bond motifs is 6. The van der Waals surface area contributed by atoms with E-state index in [4.69, 9.17) is 25.2 Å². The van der Waals surface area contributed by atoms with Crippen LogP contribution in [0, 0.1) is 17.8 Å². The van der Waals surface area contributed by atoms with E-state index in [9.17, 15) is 14.4 Å². The van der Waals surface area contributed by atoms with Gasteiger partial charge in [0.25, 0.3) is 0 Å². The Labute approximate surface area is 359 Å². The average molecular weight is 831 g/mol. The van der Waals surface area contributed by atoms with E-state index in [0.29, 0.717) is 37.0 Å². The predicted molar refractivity (Wildman–Crippen MR) is 242 cm³/mol. The number of rotatable bonds is 10. The normalized spacial score (nSPS) is 18.9. The lowest BCUT2D eigenvalue weighted by atomic mass is 9.98. The Hall–Kier alpha value is -6.83. The topological polar surface area (TPSA) is 172 Å². The van der Waals surface area contributed by atoms with Crippen LogP contribution in [0.15, 0.2) is 109 Å². The molecule has 62 heavy (non-hydrogen) atoms. The number of benzene rings is 5. The molecular weight excluding hydrogens is 781 g/mol. The van der Waals surface area contributed by atoms with Gasteiger partial charge in [0.1, 0.15) is 23.9 Å². The van der Waals surface area contributed by atoms with Crippen molar-refractivity contribution in [1.82, 2.24) is 35.1 Å². The van der Waals surface area contributed by atoms with Crippen molar-refractivity contribution in [2.75, 3.05) is 33.9 Å². The summed E-state index contributed by atoms with van der Waals surface area (Å²) in [6.07, 6.45) is 1.40. The van der Waals surface area contributed by atoms with Crippen LogP contribution in [0.5, 0.6) is 0 Å². The molecule has 13 nitrogen and oxygen atoms in total. The number of carbonyl (C=O) groups excluding carboxylic acids is 3. The second-order valence-electron chi connectivity index (χ2n) is 16.8. The van der Waals surface area contributed by atoms with Gasteiger partial charge in [-0.3, -0.25) is 9.59 Å². The molecule has 0 unspecified atom stereocenters. The molecule has 2 aliphatic heterocycles. The molecule has 2 aliphatic rings. The van der Waals surface area contributed by atoms with E-state index in [1.54, 1.807) is 16.9 Å². The van der Waals surface area contributed by atoms with Gasteiger partial charge in [-0.05, 0) is 75.2 Å². The van der Waals surface area contributed by atoms with Gasteiger partial charge in [-0.25, -0.2) is 14.8 Å². The molecule has 0 bridgehead atoms. The molecule has 5 N–H and O–H groups in total. The van der Waals surface area contributed by atoms with Gasteiger partial charge in [-0.2, -0.15) is 0 Å². The van der Waals surface area contributed by atoms with Crippen molar-refractivity contribution in [3.63, 3.8) is 0 Å². The van der Waals surface area contributed by atoms with Crippen LogP contribution in [0.1, 0.15) is 50.1 Å². The lowest BCUT2D eigenvalue weighted by Crippen LogP contribution is -2.51. The van der Waals surface area contributed by atoms with E-state index in [1.165, 1.54) is 7.11 Å². The highest BCUT2D eigenvalue weighted by molar-refractivity contribution is 6.08. The van der Waals surface area contributed by atoms with Crippen LogP contribution >= 0.6 is 0 Å². The second kappa shape index (κ2) is 16.2. The van der Waals surface area contributed by atoms with Crippen molar-refractivity contribution < 1.29 is 23.9 Å². The summed E-state index contributed by atoms with van der Waals surface area (Å²) in [5.41, 5.74) is 14.3. The van der Waals surface area contributed by atoms with Gasteiger partial charge in [0.15, 0.2) is 5.82 Å². The van der Waals surface area contributed by atoms with E-state index in [2.05, 4.69) is 77.3 Å². The number of nitrogens with one attached hydrogen (secondary N) is 3. The molecule has 7 aromatic rings. The van der Waals surface area contributed by atoms with Crippen molar-refractivity contribution in [2.45, 2.75) is 38.9 Å². The fourth-order valence-electron chi connectivity index (χ4n) is 9.05. The fourth-order valence-corrected chi connectivity index (χ4v) is 9.05. The number of likely N-dealkylation sites (tertiary alicyclic amines) is 1. The Kier molecular flexibility index (Phi) is 10.6.